The number of benzene rings is 1. The van der Waals surface area contributed by atoms with E-state index in [4.69, 9.17) is 0 Å². The smallest absolute Gasteiger partial charge is 0.169 e. The van der Waals surface area contributed by atoms with Crippen molar-refractivity contribution >= 4 is 27.9 Å². The van der Waals surface area contributed by atoms with Crippen molar-refractivity contribution < 1.29 is 4.79 Å². The minimum atomic E-state index is 0.195. The Morgan fingerprint density at radius 1 is 1.14 bits per heavy atom. The number of nitrogens with one attached hydrogen (secondary N) is 3. The Kier molecular flexibility index (Phi) is 4.55. The largest absolute Gasteiger partial charge is 0.381 e. The van der Waals surface area contributed by atoms with Gasteiger partial charge in [0.1, 0.15) is 0 Å². The van der Waals surface area contributed by atoms with E-state index >= 15 is 0 Å². The molecule has 0 unspecified atom stereocenters. The molecule has 1 aliphatic heterocycles. The maximum Gasteiger partial charge on any atom is 0.169 e. The molecule has 5 nitrogen and oxygen atoms in total. The van der Waals surface area contributed by atoms with Crippen molar-refractivity contribution in [1.29, 1.82) is 0 Å². The van der Waals surface area contributed by atoms with Gasteiger partial charge in [-0.3, -0.25) is 9.78 Å². The molecule has 0 bridgehead atoms. The van der Waals surface area contributed by atoms with E-state index in [0.717, 1.165) is 47.5 Å². The molecule has 0 radical (unpaired) electrons. The highest BCUT2D eigenvalue weighted by Crippen LogP contribution is 2.38. The predicted molar refractivity (Wildman–Crippen MR) is 113 cm³/mol. The van der Waals surface area contributed by atoms with Crippen LogP contribution in [0.5, 0.6) is 0 Å². The highest BCUT2D eigenvalue weighted by atomic mass is 16.1. The number of hydrazine groups is 1. The molecule has 0 atom stereocenters. The third-order valence-electron chi connectivity index (χ3n) is 6.44. The third kappa shape index (κ3) is 3.39. The lowest BCUT2D eigenvalue weighted by Crippen LogP contribution is -2.26. The lowest BCUT2D eigenvalue weighted by Gasteiger charge is -2.29. The molecular formula is C23H28N4O. The highest BCUT2D eigenvalue weighted by molar-refractivity contribution is 6.10. The normalized spacial score (nSPS) is 24.7. The van der Waals surface area contributed by atoms with Crippen molar-refractivity contribution in [3.8, 4) is 0 Å². The average Bonchev–Trinajstić information content (AvgIpc) is 3.43. The zero-order valence-electron chi connectivity index (χ0n) is 16.4. The average molecular weight is 377 g/mol. The molecular weight excluding hydrogens is 348 g/mol. The summed E-state index contributed by atoms with van der Waals surface area (Å²) in [6, 6.07) is 6.82. The Morgan fingerprint density at radius 2 is 1.96 bits per heavy atom. The first-order valence-electron chi connectivity index (χ1n) is 10.6. The summed E-state index contributed by atoms with van der Waals surface area (Å²) in [5.41, 5.74) is 11.3. The van der Waals surface area contributed by atoms with Crippen LogP contribution in [-0.2, 0) is 0 Å². The van der Waals surface area contributed by atoms with Gasteiger partial charge in [-0.05, 0) is 67.7 Å². The number of anilines is 1. The number of hydrogen-bond acceptors (Lipinski definition) is 5. The first kappa shape index (κ1) is 17.7. The van der Waals surface area contributed by atoms with E-state index in [2.05, 4.69) is 46.3 Å². The Labute approximate surface area is 166 Å². The minimum Gasteiger partial charge on any atom is -0.381 e. The van der Waals surface area contributed by atoms with Gasteiger partial charge in [0, 0.05) is 36.3 Å². The lowest BCUT2D eigenvalue weighted by molar-refractivity contribution is 0.0968. The molecule has 1 aromatic carbocycles. The maximum atomic E-state index is 13.0. The number of carbonyl (C=O) groups excluding carboxylic acids is 1. The van der Waals surface area contributed by atoms with Gasteiger partial charge < -0.3 is 10.7 Å². The molecule has 2 heterocycles. The van der Waals surface area contributed by atoms with Crippen molar-refractivity contribution in [2.24, 2.45) is 11.8 Å². The number of pyridine rings is 1. The molecule has 5 rings (SSSR count). The van der Waals surface area contributed by atoms with Gasteiger partial charge >= 0.3 is 0 Å². The van der Waals surface area contributed by atoms with Crippen LogP contribution in [0.4, 0.5) is 5.69 Å². The summed E-state index contributed by atoms with van der Waals surface area (Å²) in [6.07, 6.45) is 10.7. The highest BCUT2D eigenvalue weighted by Gasteiger charge is 2.33. The summed E-state index contributed by atoms with van der Waals surface area (Å²) in [5, 5.41) is 4.85. The van der Waals surface area contributed by atoms with Crippen LogP contribution in [0, 0.1) is 11.8 Å². The summed E-state index contributed by atoms with van der Waals surface area (Å²) in [4.78, 5) is 17.6. The van der Waals surface area contributed by atoms with Crippen molar-refractivity contribution in [1.82, 2.24) is 15.8 Å². The Balaban J connectivity index is 1.57. The van der Waals surface area contributed by atoms with E-state index < -0.39 is 0 Å². The van der Waals surface area contributed by atoms with Gasteiger partial charge in [0.05, 0.1) is 16.8 Å². The van der Waals surface area contributed by atoms with Gasteiger partial charge in [0.25, 0.3) is 0 Å². The van der Waals surface area contributed by atoms with Crippen LogP contribution in [0.1, 0.15) is 61.4 Å². The molecule has 0 spiro atoms. The quantitative estimate of drug-likeness (QED) is 0.680. The van der Waals surface area contributed by atoms with Gasteiger partial charge in [-0.15, -0.1) is 0 Å². The fourth-order valence-electron chi connectivity index (χ4n) is 4.43. The third-order valence-corrected chi connectivity index (χ3v) is 6.44. The van der Waals surface area contributed by atoms with E-state index in [1.165, 1.54) is 36.8 Å². The van der Waals surface area contributed by atoms with Crippen LogP contribution >= 0.6 is 0 Å². The molecule has 2 aromatic rings. The molecule has 28 heavy (non-hydrogen) atoms. The van der Waals surface area contributed by atoms with E-state index in [1.807, 2.05) is 6.20 Å². The van der Waals surface area contributed by atoms with Crippen LogP contribution in [0.25, 0.3) is 16.5 Å². The second-order valence-corrected chi connectivity index (χ2v) is 8.69. The number of nitrogens with zero attached hydrogens (tertiary/aromatic N) is 1. The zero-order valence-corrected chi connectivity index (χ0v) is 16.4. The Bertz CT molecular complexity index is 939. The molecule has 3 aliphatic rings. The number of ketones is 1. The SMILES string of the molecule is C[C@H]1CC[C@H](Nc2c(C(=O)C3CC3)cnc3ccc(C4=CNNC4)cc23)CC1. The number of Topliss-reactive ketones (excluding diaryl/α,β-unsaturated/α-hetero) is 1. The molecule has 2 aliphatic carbocycles. The van der Waals surface area contributed by atoms with E-state index in [1.54, 1.807) is 6.20 Å². The monoisotopic (exact) mass is 376 g/mol. The van der Waals surface area contributed by atoms with E-state index in [0.29, 0.717) is 6.04 Å². The zero-order chi connectivity index (χ0) is 19.1. The number of aromatic nitrogens is 1. The number of carbonyl (C=O) groups is 1. The molecule has 2 fully saturated rings. The van der Waals surface area contributed by atoms with Gasteiger partial charge in [-0.1, -0.05) is 13.0 Å². The summed E-state index contributed by atoms with van der Waals surface area (Å²) < 4.78 is 0. The minimum absolute atomic E-state index is 0.195. The van der Waals surface area contributed by atoms with Gasteiger partial charge in [-0.2, -0.15) is 0 Å². The molecule has 0 amide bonds. The summed E-state index contributed by atoms with van der Waals surface area (Å²) >= 11 is 0. The Morgan fingerprint density at radius 3 is 2.68 bits per heavy atom. The molecule has 146 valence electrons. The molecule has 3 N–H and O–H groups in total. The first-order chi connectivity index (χ1) is 13.7. The number of hydrogen-bond donors (Lipinski definition) is 3. The topological polar surface area (TPSA) is 66.0 Å². The standard InChI is InChI=1S/C23H28N4O/c1-14-2-7-18(8-3-14)27-22-19-10-16(17-11-25-26-12-17)6-9-21(19)24-13-20(22)23(28)15-4-5-15/h6,9-11,13-15,18,25-26H,2-5,7-8,12H2,1H3,(H,24,27)/t14-,18-. The lowest BCUT2D eigenvalue weighted by atomic mass is 9.87. The Hall–Kier alpha value is -2.40. The summed E-state index contributed by atoms with van der Waals surface area (Å²) in [5.74, 6) is 1.26. The van der Waals surface area contributed by atoms with Crippen molar-refractivity contribution in [3.63, 3.8) is 0 Å². The van der Waals surface area contributed by atoms with Gasteiger partial charge in [0.2, 0.25) is 0 Å². The fraction of sp³-hybridized carbons (Fsp3) is 0.478. The first-order valence-corrected chi connectivity index (χ1v) is 10.6. The van der Waals surface area contributed by atoms with E-state index in [9.17, 15) is 4.79 Å². The second kappa shape index (κ2) is 7.21. The molecule has 0 saturated heterocycles. The van der Waals surface area contributed by atoms with Gasteiger partial charge in [-0.25, -0.2) is 5.43 Å². The van der Waals surface area contributed by atoms with Crippen LogP contribution in [-0.4, -0.2) is 23.4 Å². The van der Waals surface area contributed by atoms with Crippen LogP contribution in [0.15, 0.2) is 30.6 Å². The van der Waals surface area contributed by atoms with Crippen LogP contribution in [0.3, 0.4) is 0 Å². The van der Waals surface area contributed by atoms with Crippen LogP contribution in [0.2, 0.25) is 0 Å². The van der Waals surface area contributed by atoms with Gasteiger partial charge in [0.15, 0.2) is 5.78 Å². The number of fused-ring (bicyclic) bond motifs is 1. The fourth-order valence-corrected chi connectivity index (χ4v) is 4.43. The molecule has 2 saturated carbocycles. The summed E-state index contributed by atoms with van der Waals surface area (Å²) in [7, 11) is 0. The van der Waals surface area contributed by atoms with Crippen molar-refractivity contribution in [2.45, 2.75) is 51.5 Å². The van der Waals surface area contributed by atoms with Crippen molar-refractivity contribution in [3.05, 3.63) is 41.7 Å². The predicted octanol–water partition coefficient (Wildman–Crippen LogP) is 4.27. The molecule has 5 heteroatoms. The van der Waals surface area contributed by atoms with Crippen LogP contribution < -0.4 is 16.2 Å². The van der Waals surface area contributed by atoms with Crippen molar-refractivity contribution in [2.75, 3.05) is 11.9 Å². The summed E-state index contributed by atoms with van der Waals surface area (Å²) in [6.45, 7) is 3.13. The second-order valence-electron chi connectivity index (χ2n) is 8.69. The molecule has 1 aromatic heterocycles. The van der Waals surface area contributed by atoms with E-state index in [-0.39, 0.29) is 11.7 Å². The number of rotatable bonds is 5. The maximum absolute atomic E-state index is 13.0.